The van der Waals surface area contributed by atoms with Crippen LogP contribution in [0.25, 0.3) is 10.4 Å². The molecule has 0 aliphatic carbocycles. The van der Waals surface area contributed by atoms with Crippen molar-refractivity contribution in [1.29, 1.82) is 0 Å². The number of imide groups is 1. The summed E-state index contributed by atoms with van der Waals surface area (Å²) >= 11 is 0. The Labute approximate surface area is 234 Å². The summed E-state index contributed by atoms with van der Waals surface area (Å²) in [5.74, 6) is -0.483. The Morgan fingerprint density at radius 2 is 1.20 bits per heavy atom. The fourth-order valence-electron chi connectivity index (χ4n) is 4.67. The first-order valence-corrected chi connectivity index (χ1v) is 13.4. The number of hydrogen-bond donors (Lipinski definition) is 2. The van der Waals surface area contributed by atoms with Crippen molar-refractivity contribution in [3.8, 4) is 0 Å². The van der Waals surface area contributed by atoms with Crippen LogP contribution in [0.2, 0.25) is 0 Å². The molecule has 1 aliphatic rings. The number of carbonyl (C=O) groups excluding carboxylic acids is 2. The van der Waals surface area contributed by atoms with Crippen LogP contribution >= 0.6 is 0 Å². The normalized spacial score (nSPS) is 12.5. The summed E-state index contributed by atoms with van der Waals surface area (Å²) in [6, 6.07) is 23.8. The van der Waals surface area contributed by atoms with E-state index in [1.807, 2.05) is 12.1 Å². The molecule has 40 heavy (non-hydrogen) atoms. The molecule has 3 aromatic carbocycles. The van der Waals surface area contributed by atoms with Gasteiger partial charge in [0.15, 0.2) is 0 Å². The number of unbranched alkanes of at least 4 members (excludes halogenated alkanes) is 2. The summed E-state index contributed by atoms with van der Waals surface area (Å²) in [7, 11) is -1.53. The molecule has 0 saturated heterocycles. The molecule has 2 amide bonds. The van der Waals surface area contributed by atoms with E-state index in [1.165, 1.54) is 22.6 Å². The zero-order chi connectivity index (χ0) is 28.3. The topological polar surface area (TPSA) is 130 Å². The summed E-state index contributed by atoms with van der Waals surface area (Å²) < 4.78 is 0. The van der Waals surface area contributed by atoms with Crippen LogP contribution in [0, 0.1) is 0 Å². The van der Waals surface area contributed by atoms with Gasteiger partial charge in [-0.1, -0.05) is 41.5 Å². The van der Waals surface area contributed by atoms with Crippen molar-refractivity contribution in [2.45, 2.75) is 38.5 Å². The summed E-state index contributed by atoms with van der Waals surface area (Å²) in [5, 5.41) is 22.6. The van der Waals surface area contributed by atoms with Gasteiger partial charge in [-0.2, -0.15) is 0 Å². The Morgan fingerprint density at radius 3 is 1.68 bits per heavy atom. The Bertz CT molecular complexity index is 1350. The second kappa shape index (κ2) is 14.1. The zero-order valence-electron chi connectivity index (χ0n) is 22.3. The average Bonchev–Trinajstić information content (AvgIpc) is 3.29. The van der Waals surface area contributed by atoms with Crippen molar-refractivity contribution in [3.05, 3.63) is 107 Å². The van der Waals surface area contributed by atoms with E-state index in [-0.39, 0.29) is 11.8 Å². The average molecular weight is 537 g/mol. The standard InChI is InChI=1S/C30H32BN5O4/c32-34-33-21-3-1-5-23-7-13-26(14-8-23)36(28-17-11-25(12-18-28)31(39)40)27-15-9-24(10-16-27)6-2-4-22-35-29(37)19-20-30(35)38/h7-20,39-40H,1-6,21-22H2. The van der Waals surface area contributed by atoms with E-state index < -0.39 is 7.12 Å². The van der Waals surface area contributed by atoms with E-state index in [9.17, 15) is 19.6 Å². The van der Waals surface area contributed by atoms with Crippen molar-refractivity contribution < 1.29 is 19.6 Å². The van der Waals surface area contributed by atoms with Crippen LogP contribution < -0.4 is 10.4 Å². The zero-order valence-corrected chi connectivity index (χ0v) is 22.3. The third-order valence-electron chi connectivity index (χ3n) is 6.87. The molecule has 0 aromatic heterocycles. The minimum Gasteiger partial charge on any atom is -0.423 e. The number of amides is 2. The van der Waals surface area contributed by atoms with Crippen LogP contribution in [0.15, 0.2) is 90.1 Å². The number of rotatable bonds is 14. The van der Waals surface area contributed by atoms with Crippen LogP contribution in [0.5, 0.6) is 0 Å². The lowest BCUT2D eigenvalue weighted by molar-refractivity contribution is -0.136. The van der Waals surface area contributed by atoms with Crippen molar-refractivity contribution >= 4 is 41.5 Å². The van der Waals surface area contributed by atoms with Crippen molar-refractivity contribution in [2.75, 3.05) is 18.0 Å². The first-order chi connectivity index (χ1) is 19.5. The molecule has 0 radical (unpaired) electrons. The molecule has 1 aliphatic heterocycles. The van der Waals surface area contributed by atoms with Gasteiger partial charge in [0.1, 0.15) is 0 Å². The molecule has 204 valence electrons. The van der Waals surface area contributed by atoms with Crippen molar-refractivity contribution in [3.63, 3.8) is 0 Å². The molecule has 4 rings (SSSR count). The highest BCUT2D eigenvalue weighted by molar-refractivity contribution is 6.58. The molecule has 3 aromatic rings. The second-order valence-electron chi connectivity index (χ2n) is 9.66. The first-order valence-electron chi connectivity index (χ1n) is 13.4. The molecule has 0 atom stereocenters. The molecule has 2 N–H and O–H groups in total. The lowest BCUT2D eigenvalue weighted by Crippen LogP contribution is -2.30. The second-order valence-corrected chi connectivity index (χ2v) is 9.66. The highest BCUT2D eigenvalue weighted by Crippen LogP contribution is 2.34. The number of anilines is 3. The molecule has 9 nitrogen and oxygen atoms in total. The SMILES string of the molecule is [N-]=[N+]=NCCCCc1ccc(N(c2ccc(CCCCN3C(=O)C=CC3=O)cc2)c2ccc(B(O)O)cc2)cc1. The number of azide groups is 1. The van der Waals surface area contributed by atoms with E-state index in [0.717, 1.165) is 61.2 Å². The number of hydrogen-bond acceptors (Lipinski definition) is 6. The van der Waals surface area contributed by atoms with Gasteiger partial charge >= 0.3 is 7.12 Å². The van der Waals surface area contributed by atoms with Gasteiger partial charge in [0.05, 0.1) is 0 Å². The van der Waals surface area contributed by atoms with E-state index in [4.69, 9.17) is 5.53 Å². The van der Waals surface area contributed by atoms with E-state index in [1.54, 1.807) is 12.1 Å². The third-order valence-corrected chi connectivity index (χ3v) is 6.87. The van der Waals surface area contributed by atoms with Gasteiger partial charge in [-0.25, -0.2) is 0 Å². The van der Waals surface area contributed by atoms with Gasteiger partial charge in [-0.15, -0.1) is 0 Å². The predicted octanol–water partition coefficient (Wildman–Crippen LogP) is 4.72. The number of nitrogens with zero attached hydrogens (tertiary/aromatic N) is 5. The maximum absolute atomic E-state index is 11.7. The first kappa shape index (κ1) is 28.6. The lowest BCUT2D eigenvalue weighted by atomic mass is 9.80. The lowest BCUT2D eigenvalue weighted by Gasteiger charge is -2.26. The monoisotopic (exact) mass is 537 g/mol. The van der Waals surface area contributed by atoms with E-state index in [0.29, 0.717) is 18.6 Å². The molecule has 0 bridgehead atoms. The fraction of sp³-hybridized carbons (Fsp3) is 0.267. The Kier molecular flexibility index (Phi) is 10.1. The van der Waals surface area contributed by atoms with Crippen molar-refractivity contribution in [2.24, 2.45) is 5.11 Å². The molecular weight excluding hydrogens is 505 g/mol. The maximum atomic E-state index is 11.7. The van der Waals surface area contributed by atoms with Crippen LogP contribution in [0.1, 0.15) is 36.8 Å². The molecule has 0 fully saturated rings. The van der Waals surface area contributed by atoms with Crippen molar-refractivity contribution in [1.82, 2.24) is 4.90 Å². The van der Waals surface area contributed by atoms with Crippen LogP contribution in [-0.2, 0) is 22.4 Å². The number of benzene rings is 3. The van der Waals surface area contributed by atoms with Gasteiger partial charge in [0.2, 0.25) is 0 Å². The summed E-state index contributed by atoms with van der Waals surface area (Å²) in [5.41, 5.74) is 14.0. The van der Waals surface area contributed by atoms with Crippen LogP contribution in [0.4, 0.5) is 17.1 Å². The summed E-state index contributed by atoms with van der Waals surface area (Å²) in [4.78, 5) is 29.6. The Hall–Kier alpha value is -4.37. The predicted molar refractivity (Wildman–Crippen MR) is 157 cm³/mol. The highest BCUT2D eigenvalue weighted by atomic mass is 16.4. The van der Waals surface area contributed by atoms with Gasteiger partial charge in [-0.05, 0) is 97.0 Å². The summed E-state index contributed by atoms with van der Waals surface area (Å²) in [6.45, 7) is 0.936. The molecule has 0 saturated carbocycles. The summed E-state index contributed by atoms with van der Waals surface area (Å²) in [6.07, 6.45) is 7.75. The molecule has 10 heteroatoms. The minimum atomic E-state index is -1.53. The number of aryl methyl sites for hydroxylation is 2. The highest BCUT2D eigenvalue weighted by Gasteiger charge is 2.22. The fourth-order valence-corrected chi connectivity index (χ4v) is 4.67. The van der Waals surface area contributed by atoms with Gasteiger partial charge < -0.3 is 14.9 Å². The smallest absolute Gasteiger partial charge is 0.423 e. The largest absolute Gasteiger partial charge is 0.488 e. The van der Waals surface area contributed by atoms with Gasteiger partial charge in [-0.3, -0.25) is 14.5 Å². The maximum Gasteiger partial charge on any atom is 0.488 e. The molecule has 1 heterocycles. The van der Waals surface area contributed by atoms with Crippen LogP contribution in [0.3, 0.4) is 0 Å². The third kappa shape index (κ3) is 7.60. The number of carbonyl (C=O) groups is 2. The van der Waals surface area contributed by atoms with E-state index >= 15 is 0 Å². The Morgan fingerprint density at radius 1 is 0.725 bits per heavy atom. The van der Waals surface area contributed by atoms with Gasteiger partial charge in [0, 0.05) is 47.2 Å². The minimum absolute atomic E-state index is 0.241. The molecule has 0 unspecified atom stereocenters. The molecule has 0 spiro atoms. The van der Waals surface area contributed by atoms with E-state index in [2.05, 4.69) is 63.5 Å². The Balaban J connectivity index is 1.45. The van der Waals surface area contributed by atoms with Crippen LogP contribution in [-0.4, -0.2) is 47.0 Å². The quantitative estimate of drug-likeness (QED) is 0.0768. The molecular formula is C30H32BN5O4. The van der Waals surface area contributed by atoms with Gasteiger partial charge in [0.25, 0.3) is 11.8 Å².